The lowest BCUT2D eigenvalue weighted by Gasteiger charge is -2.23. The highest BCUT2D eigenvalue weighted by atomic mass is 16.5. The van der Waals surface area contributed by atoms with Crippen molar-refractivity contribution < 1.29 is 9.53 Å². The van der Waals surface area contributed by atoms with Gasteiger partial charge < -0.3 is 9.64 Å². The number of hydrogen-bond acceptors (Lipinski definition) is 2. The molecule has 1 amide bonds. The molecule has 0 N–H and O–H groups in total. The molecule has 0 aromatic carbocycles. The summed E-state index contributed by atoms with van der Waals surface area (Å²) in [6, 6.07) is 0. The maximum absolute atomic E-state index is 12.0. The Morgan fingerprint density at radius 2 is 1.93 bits per heavy atom. The van der Waals surface area contributed by atoms with Gasteiger partial charge in [-0.25, -0.2) is 0 Å². The van der Waals surface area contributed by atoms with Gasteiger partial charge in [0.05, 0.1) is 12.0 Å². The highest BCUT2D eigenvalue weighted by Crippen LogP contribution is 2.63. The SMILES string of the molecule is COCCN(C)C(=O)C1(C)CC1(C)C. The highest BCUT2D eigenvalue weighted by molar-refractivity contribution is 5.86. The molecule has 82 valence electrons. The van der Waals surface area contributed by atoms with E-state index in [1.165, 1.54) is 0 Å². The van der Waals surface area contributed by atoms with Gasteiger partial charge in [0.25, 0.3) is 0 Å². The number of rotatable bonds is 4. The van der Waals surface area contributed by atoms with E-state index in [-0.39, 0.29) is 16.7 Å². The van der Waals surface area contributed by atoms with E-state index in [2.05, 4.69) is 20.8 Å². The Kier molecular flexibility index (Phi) is 2.91. The Labute approximate surface area is 86.4 Å². The molecule has 1 aliphatic rings. The smallest absolute Gasteiger partial charge is 0.228 e. The quantitative estimate of drug-likeness (QED) is 0.687. The lowest BCUT2D eigenvalue weighted by molar-refractivity contribution is -0.136. The summed E-state index contributed by atoms with van der Waals surface area (Å²) in [7, 11) is 3.50. The van der Waals surface area contributed by atoms with Crippen LogP contribution < -0.4 is 0 Å². The first kappa shape index (κ1) is 11.5. The van der Waals surface area contributed by atoms with Crippen LogP contribution in [-0.4, -0.2) is 38.1 Å². The van der Waals surface area contributed by atoms with Crippen LogP contribution in [0.5, 0.6) is 0 Å². The zero-order valence-electron chi connectivity index (χ0n) is 9.89. The van der Waals surface area contributed by atoms with Crippen LogP contribution in [0.3, 0.4) is 0 Å². The first-order chi connectivity index (χ1) is 6.35. The van der Waals surface area contributed by atoms with Gasteiger partial charge in [0.15, 0.2) is 0 Å². The Bertz CT molecular complexity index is 237. The second-order valence-corrected chi connectivity index (χ2v) is 5.11. The van der Waals surface area contributed by atoms with Crippen LogP contribution in [-0.2, 0) is 9.53 Å². The molecule has 0 saturated heterocycles. The van der Waals surface area contributed by atoms with E-state index in [4.69, 9.17) is 4.74 Å². The van der Waals surface area contributed by atoms with Crippen LogP contribution in [0.15, 0.2) is 0 Å². The standard InChI is InChI=1S/C11H21NO2/c1-10(2)8-11(10,3)9(13)12(4)6-7-14-5/h6-8H2,1-5H3. The molecule has 3 heteroatoms. The maximum atomic E-state index is 12.0. The number of carbonyl (C=O) groups is 1. The average Bonchev–Trinajstić information content (AvgIpc) is 2.62. The molecule has 1 saturated carbocycles. The minimum atomic E-state index is -0.143. The highest BCUT2D eigenvalue weighted by Gasteiger charge is 2.63. The van der Waals surface area contributed by atoms with Crippen molar-refractivity contribution in [1.29, 1.82) is 0 Å². The summed E-state index contributed by atoms with van der Waals surface area (Å²) < 4.78 is 4.95. The van der Waals surface area contributed by atoms with Crippen LogP contribution >= 0.6 is 0 Å². The zero-order chi connectivity index (χ0) is 11.0. The van der Waals surface area contributed by atoms with Crippen molar-refractivity contribution in [3.05, 3.63) is 0 Å². The lowest BCUT2D eigenvalue weighted by Crippen LogP contribution is -2.36. The molecule has 0 heterocycles. The molecule has 0 aromatic heterocycles. The maximum Gasteiger partial charge on any atom is 0.228 e. The molecular formula is C11H21NO2. The lowest BCUT2D eigenvalue weighted by atomic mass is 9.97. The Morgan fingerprint density at radius 1 is 1.43 bits per heavy atom. The Hall–Kier alpha value is -0.570. The first-order valence-electron chi connectivity index (χ1n) is 5.10. The van der Waals surface area contributed by atoms with E-state index in [0.717, 1.165) is 6.42 Å². The molecule has 1 rings (SSSR count). The fourth-order valence-electron chi connectivity index (χ4n) is 1.96. The van der Waals surface area contributed by atoms with Gasteiger partial charge >= 0.3 is 0 Å². The topological polar surface area (TPSA) is 29.5 Å². The summed E-state index contributed by atoms with van der Waals surface area (Å²) in [5, 5.41) is 0. The Balaban J connectivity index is 2.50. The largest absolute Gasteiger partial charge is 0.383 e. The summed E-state index contributed by atoms with van der Waals surface area (Å²) in [5.74, 6) is 0.250. The number of likely N-dealkylation sites (N-methyl/N-ethyl adjacent to an activating group) is 1. The van der Waals surface area contributed by atoms with E-state index < -0.39 is 0 Å². The van der Waals surface area contributed by atoms with E-state index in [9.17, 15) is 4.79 Å². The van der Waals surface area contributed by atoms with Gasteiger partial charge in [-0.1, -0.05) is 20.8 Å². The van der Waals surface area contributed by atoms with Crippen LogP contribution in [0.25, 0.3) is 0 Å². The third kappa shape index (κ3) is 1.78. The van der Waals surface area contributed by atoms with Crippen LogP contribution in [0.4, 0.5) is 0 Å². The van der Waals surface area contributed by atoms with Crippen molar-refractivity contribution in [2.75, 3.05) is 27.3 Å². The van der Waals surface area contributed by atoms with E-state index >= 15 is 0 Å². The molecule has 0 aliphatic heterocycles. The van der Waals surface area contributed by atoms with Gasteiger partial charge in [-0.2, -0.15) is 0 Å². The summed E-state index contributed by atoms with van der Waals surface area (Å²) in [4.78, 5) is 13.8. The predicted octanol–water partition coefficient (Wildman–Crippen LogP) is 1.53. The molecule has 0 bridgehead atoms. The summed E-state index contributed by atoms with van der Waals surface area (Å²) >= 11 is 0. The van der Waals surface area contributed by atoms with Gasteiger partial charge in [-0.05, 0) is 11.8 Å². The number of ether oxygens (including phenoxy) is 1. The minimum Gasteiger partial charge on any atom is -0.383 e. The fraction of sp³-hybridized carbons (Fsp3) is 0.909. The molecule has 1 unspecified atom stereocenters. The summed E-state index contributed by atoms with van der Waals surface area (Å²) in [5.41, 5.74) is 0.0287. The van der Waals surface area contributed by atoms with E-state index in [0.29, 0.717) is 13.2 Å². The predicted molar refractivity (Wildman–Crippen MR) is 56.0 cm³/mol. The van der Waals surface area contributed by atoms with Crippen LogP contribution in [0.2, 0.25) is 0 Å². The molecule has 3 nitrogen and oxygen atoms in total. The summed E-state index contributed by atoms with van der Waals surface area (Å²) in [6.07, 6.45) is 0.996. The third-order valence-electron chi connectivity index (χ3n) is 3.61. The monoisotopic (exact) mass is 199 g/mol. The van der Waals surface area contributed by atoms with E-state index in [1.807, 2.05) is 7.05 Å². The first-order valence-corrected chi connectivity index (χ1v) is 5.10. The molecular weight excluding hydrogens is 178 g/mol. The van der Waals surface area contributed by atoms with Crippen LogP contribution in [0, 0.1) is 10.8 Å². The van der Waals surface area contributed by atoms with Crippen molar-refractivity contribution >= 4 is 5.91 Å². The minimum absolute atomic E-state index is 0.143. The van der Waals surface area contributed by atoms with Gasteiger partial charge in [-0.3, -0.25) is 4.79 Å². The normalized spacial score (nSPS) is 28.6. The van der Waals surface area contributed by atoms with Crippen LogP contribution in [0.1, 0.15) is 27.2 Å². The zero-order valence-corrected chi connectivity index (χ0v) is 9.89. The van der Waals surface area contributed by atoms with E-state index in [1.54, 1.807) is 12.0 Å². The van der Waals surface area contributed by atoms with Crippen molar-refractivity contribution in [3.63, 3.8) is 0 Å². The molecule has 0 spiro atoms. The molecule has 14 heavy (non-hydrogen) atoms. The molecule has 1 fully saturated rings. The van der Waals surface area contributed by atoms with Gasteiger partial charge in [0.2, 0.25) is 5.91 Å². The van der Waals surface area contributed by atoms with Gasteiger partial charge in [0, 0.05) is 20.7 Å². The number of nitrogens with zero attached hydrogens (tertiary/aromatic N) is 1. The average molecular weight is 199 g/mol. The second-order valence-electron chi connectivity index (χ2n) is 5.11. The number of carbonyl (C=O) groups excluding carboxylic acids is 1. The Morgan fingerprint density at radius 3 is 2.29 bits per heavy atom. The summed E-state index contributed by atoms with van der Waals surface area (Å²) in [6.45, 7) is 7.64. The third-order valence-corrected chi connectivity index (χ3v) is 3.61. The number of amides is 1. The van der Waals surface area contributed by atoms with Gasteiger partial charge in [0.1, 0.15) is 0 Å². The molecule has 0 aromatic rings. The number of hydrogen-bond donors (Lipinski definition) is 0. The molecule has 1 aliphatic carbocycles. The molecule has 1 atom stereocenters. The van der Waals surface area contributed by atoms with Crippen molar-refractivity contribution in [1.82, 2.24) is 4.90 Å². The van der Waals surface area contributed by atoms with Crippen molar-refractivity contribution in [3.8, 4) is 0 Å². The van der Waals surface area contributed by atoms with Gasteiger partial charge in [-0.15, -0.1) is 0 Å². The molecule has 0 radical (unpaired) electrons. The number of methoxy groups -OCH3 is 1. The fourth-order valence-corrected chi connectivity index (χ4v) is 1.96. The van der Waals surface area contributed by atoms with Crippen molar-refractivity contribution in [2.45, 2.75) is 27.2 Å². The second kappa shape index (κ2) is 3.54. The van der Waals surface area contributed by atoms with Crippen molar-refractivity contribution in [2.24, 2.45) is 10.8 Å².